The highest BCUT2D eigenvalue weighted by Crippen LogP contribution is 2.48. The maximum Gasteiger partial charge on any atom is 0.238 e. The van der Waals surface area contributed by atoms with Crippen LogP contribution in [0, 0.1) is 0 Å². The first kappa shape index (κ1) is 26.1. The third-order valence-electron chi connectivity index (χ3n) is 10.6. The molecule has 0 spiro atoms. The highest BCUT2D eigenvalue weighted by atomic mass is 15.2. The van der Waals surface area contributed by atoms with E-state index in [1.54, 1.807) is 0 Å². The highest BCUT2D eigenvalue weighted by molar-refractivity contribution is 6.38. The van der Waals surface area contributed by atoms with Gasteiger partial charge in [-0.25, -0.2) is 4.98 Å². The van der Waals surface area contributed by atoms with E-state index in [1.165, 1.54) is 70.4 Å². The van der Waals surface area contributed by atoms with Crippen LogP contribution < -0.4 is 0 Å². The van der Waals surface area contributed by atoms with Gasteiger partial charge in [0, 0.05) is 48.8 Å². The molecule has 0 bridgehead atoms. The second-order valence-corrected chi connectivity index (χ2v) is 13.2. The van der Waals surface area contributed by atoms with Gasteiger partial charge in [0.1, 0.15) is 0 Å². The fourth-order valence-electron chi connectivity index (χ4n) is 8.56. The molecule has 8 aromatic carbocycles. The molecule has 0 amide bonds. The lowest BCUT2D eigenvalue weighted by molar-refractivity contribution is 0.954. The van der Waals surface area contributed by atoms with Crippen molar-refractivity contribution in [2.45, 2.75) is 0 Å². The van der Waals surface area contributed by atoms with Crippen molar-refractivity contribution in [3.63, 3.8) is 0 Å². The first-order valence-corrected chi connectivity index (χ1v) is 17.0. The van der Waals surface area contributed by atoms with Crippen LogP contribution in [0.15, 0.2) is 152 Å². The molecule has 0 unspecified atom stereocenters. The third kappa shape index (κ3) is 3.28. The Morgan fingerprint density at radius 2 is 0.900 bits per heavy atom. The molecule has 0 radical (unpaired) electrons. The zero-order valence-electron chi connectivity index (χ0n) is 26.7. The van der Waals surface area contributed by atoms with Gasteiger partial charge in [0.15, 0.2) is 11.6 Å². The number of aromatic nitrogens is 5. The lowest BCUT2D eigenvalue weighted by Gasteiger charge is -2.12. The molecule has 5 nitrogen and oxygen atoms in total. The summed E-state index contributed by atoms with van der Waals surface area (Å²) in [7, 11) is 0. The molecule has 4 heterocycles. The van der Waals surface area contributed by atoms with Crippen molar-refractivity contribution >= 4 is 81.4 Å². The van der Waals surface area contributed by atoms with Crippen LogP contribution in [0.3, 0.4) is 0 Å². The molecule has 0 fully saturated rings. The summed E-state index contributed by atoms with van der Waals surface area (Å²) in [6.45, 7) is 0. The van der Waals surface area contributed by atoms with Gasteiger partial charge in [0.25, 0.3) is 0 Å². The third-order valence-corrected chi connectivity index (χ3v) is 10.6. The maximum atomic E-state index is 5.21. The van der Waals surface area contributed by atoms with Crippen molar-refractivity contribution in [1.82, 2.24) is 23.9 Å². The zero-order chi connectivity index (χ0) is 32.5. The summed E-state index contributed by atoms with van der Waals surface area (Å²) in [6.07, 6.45) is 0. The standard InChI is InChI=1S/C45H25N5/c1-3-11-29(12-4-1)43-46-44(30-13-5-2-6-14-30)48-45(47-43)49-35-24-20-27-15-9-17-34-37(27)39(35)40-36(49)25-21-28-19-23-33-32-22-18-26-10-7-8-16-31(26)41(32)50(34)42(33)38(28)40/h1-25H. The molecule has 0 aliphatic carbocycles. The van der Waals surface area contributed by atoms with Crippen molar-refractivity contribution in [1.29, 1.82) is 0 Å². The summed E-state index contributed by atoms with van der Waals surface area (Å²) < 4.78 is 4.80. The highest BCUT2D eigenvalue weighted by Gasteiger charge is 2.26. The molecule has 0 N–H and O–H groups in total. The predicted octanol–water partition coefficient (Wildman–Crippen LogP) is 11.2. The van der Waals surface area contributed by atoms with E-state index < -0.39 is 0 Å². The molecule has 0 atom stereocenters. The molecule has 12 aromatic rings. The lowest BCUT2D eigenvalue weighted by Crippen LogP contribution is -2.06. The summed E-state index contributed by atoms with van der Waals surface area (Å²) >= 11 is 0. The first-order chi connectivity index (χ1) is 24.8. The molecule has 4 aromatic heterocycles. The SMILES string of the molecule is c1ccc(-c2nc(-c3ccccc3)nc(-n3c4ccc5cccc6c5c4c4c5c(ccc7c8ccc9ccccc9c8n6c75)ccc43)n2)cc1. The van der Waals surface area contributed by atoms with Gasteiger partial charge in [0.05, 0.1) is 27.6 Å². The number of nitrogens with zero attached hydrogens (tertiary/aromatic N) is 5. The van der Waals surface area contributed by atoms with Crippen molar-refractivity contribution in [2.24, 2.45) is 0 Å². The van der Waals surface area contributed by atoms with Gasteiger partial charge in [-0.2, -0.15) is 9.97 Å². The van der Waals surface area contributed by atoms with Gasteiger partial charge in [-0.15, -0.1) is 0 Å². The lowest BCUT2D eigenvalue weighted by atomic mass is 9.98. The number of hydrogen-bond donors (Lipinski definition) is 0. The van der Waals surface area contributed by atoms with Gasteiger partial charge in [-0.1, -0.05) is 133 Å². The molecule has 230 valence electrons. The summed E-state index contributed by atoms with van der Waals surface area (Å²) in [5.41, 5.74) is 7.75. The molecule has 0 aliphatic heterocycles. The Bertz CT molecular complexity index is 3240. The number of hydrogen-bond acceptors (Lipinski definition) is 3. The quantitative estimate of drug-likeness (QED) is 0.194. The summed E-state index contributed by atoms with van der Waals surface area (Å²) in [5, 5.41) is 12.4. The smallest absolute Gasteiger partial charge is 0.238 e. The Labute approximate surface area is 285 Å². The van der Waals surface area contributed by atoms with Crippen molar-refractivity contribution < 1.29 is 0 Å². The number of fused-ring (bicyclic) bond motifs is 6. The van der Waals surface area contributed by atoms with Crippen LogP contribution in [-0.4, -0.2) is 23.9 Å². The van der Waals surface area contributed by atoms with Crippen LogP contribution in [0.5, 0.6) is 0 Å². The van der Waals surface area contributed by atoms with E-state index in [1.807, 2.05) is 36.4 Å². The number of rotatable bonds is 3. The van der Waals surface area contributed by atoms with E-state index in [0.29, 0.717) is 17.6 Å². The minimum absolute atomic E-state index is 0.605. The molecular weight excluding hydrogens is 611 g/mol. The van der Waals surface area contributed by atoms with E-state index in [-0.39, 0.29) is 0 Å². The van der Waals surface area contributed by atoms with E-state index in [4.69, 9.17) is 15.0 Å². The van der Waals surface area contributed by atoms with Gasteiger partial charge in [-0.3, -0.25) is 4.57 Å². The Kier molecular flexibility index (Phi) is 4.91. The second-order valence-electron chi connectivity index (χ2n) is 13.2. The fourth-order valence-corrected chi connectivity index (χ4v) is 8.56. The van der Waals surface area contributed by atoms with E-state index in [9.17, 15) is 0 Å². The van der Waals surface area contributed by atoms with Crippen LogP contribution in [0.4, 0.5) is 0 Å². The topological polar surface area (TPSA) is 48.0 Å². The van der Waals surface area contributed by atoms with Crippen molar-refractivity contribution in [3.05, 3.63) is 152 Å². The average molecular weight is 636 g/mol. The van der Waals surface area contributed by atoms with E-state index >= 15 is 0 Å². The molecule has 0 saturated heterocycles. The average Bonchev–Trinajstić information content (AvgIpc) is 3.67. The Morgan fingerprint density at radius 3 is 1.62 bits per heavy atom. The van der Waals surface area contributed by atoms with Gasteiger partial charge >= 0.3 is 0 Å². The molecule has 0 aliphatic rings. The predicted molar refractivity (Wildman–Crippen MR) is 206 cm³/mol. The van der Waals surface area contributed by atoms with Crippen molar-refractivity contribution in [2.75, 3.05) is 0 Å². The Balaban J connectivity index is 1.32. The monoisotopic (exact) mass is 635 g/mol. The van der Waals surface area contributed by atoms with Crippen molar-refractivity contribution in [3.8, 4) is 28.7 Å². The molecule has 12 rings (SSSR count). The summed E-state index contributed by atoms with van der Waals surface area (Å²) in [4.78, 5) is 15.4. The summed E-state index contributed by atoms with van der Waals surface area (Å²) in [5.74, 6) is 1.90. The van der Waals surface area contributed by atoms with Crippen LogP contribution in [-0.2, 0) is 0 Å². The number of benzene rings is 8. The zero-order valence-corrected chi connectivity index (χ0v) is 26.7. The minimum Gasteiger partial charge on any atom is -0.307 e. The van der Waals surface area contributed by atoms with Crippen LogP contribution in [0.25, 0.3) is 110 Å². The summed E-state index contributed by atoms with van der Waals surface area (Å²) in [6, 6.07) is 54.1. The molecule has 5 heteroatoms. The second kappa shape index (κ2) is 9.40. The maximum absolute atomic E-state index is 5.21. The minimum atomic E-state index is 0.605. The largest absolute Gasteiger partial charge is 0.307 e. The van der Waals surface area contributed by atoms with Crippen LogP contribution >= 0.6 is 0 Å². The van der Waals surface area contributed by atoms with E-state index in [0.717, 1.165) is 22.2 Å². The first-order valence-electron chi connectivity index (χ1n) is 17.0. The molecule has 0 saturated carbocycles. The van der Waals surface area contributed by atoms with Gasteiger partial charge < -0.3 is 4.40 Å². The van der Waals surface area contributed by atoms with Crippen LogP contribution in [0.2, 0.25) is 0 Å². The van der Waals surface area contributed by atoms with Gasteiger partial charge in [-0.05, 0) is 34.4 Å². The fraction of sp³-hybridized carbons (Fsp3) is 0. The van der Waals surface area contributed by atoms with E-state index in [2.05, 4.69) is 124 Å². The Hall–Kier alpha value is -6.85. The normalized spacial score (nSPS) is 12.4. The molecular formula is C45H25N5. The van der Waals surface area contributed by atoms with Crippen LogP contribution in [0.1, 0.15) is 0 Å². The Morgan fingerprint density at radius 1 is 0.340 bits per heavy atom. The van der Waals surface area contributed by atoms with Gasteiger partial charge in [0.2, 0.25) is 5.95 Å². The molecule has 50 heavy (non-hydrogen) atoms.